The molecule has 24 heavy (non-hydrogen) atoms. The smallest absolute Gasteiger partial charge is 0.253 e. The minimum Gasteiger partial charge on any atom is -0.348 e. The average Bonchev–Trinajstić information content (AvgIpc) is 2.88. The molecule has 1 aliphatic heterocycles. The van der Waals surface area contributed by atoms with E-state index in [9.17, 15) is 4.79 Å². The van der Waals surface area contributed by atoms with Crippen molar-refractivity contribution >= 4 is 5.91 Å². The Labute approximate surface area is 143 Å². The SMILES string of the molecule is Cc1cccc(-n2c(C)cc(C(=O)NCC3=CCNCC3)c2C)c1. The van der Waals surface area contributed by atoms with Gasteiger partial charge in [-0.3, -0.25) is 4.79 Å². The van der Waals surface area contributed by atoms with E-state index in [1.165, 1.54) is 11.1 Å². The van der Waals surface area contributed by atoms with Crippen molar-refractivity contribution in [2.75, 3.05) is 19.6 Å². The van der Waals surface area contributed by atoms with E-state index in [-0.39, 0.29) is 5.91 Å². The molecule has 0 unspecified atom stereocenters. The number of carbonyl (C=O) groups excluding carboxylic acids is 1. The highest BCUT2D eigenvalue weighted by molar-refractivity contribution is 5.96. The van der Waals surface area contributed by atoms with Gasteiger partial charge in [0, 0.05) is 30.2 Å². The molecule has 1 amide bonds. The van der Waals surface area contributed by atoms with Gasteiger partial charge in [-0.25, -0.2) is 0 Å². The molecule has 0 radical (unpaired) electrons. The van der Waals surface area contributed by atoms with Gasteiger partial charge in [0.05, 0.1) is 5.56 Å². The predicted molar refractivity (Wildman–Crippen MR) is 97.9 cm³/mol. The Bertz CT molecular complexity index is 786. The summed E-state index contributed by atoms with van der Waals surface area (Å²) in [5, 5.41) is 6.35. The van der Waals surface area contributed by atoms with Gasteiger partial charge in [-0.15, -0.1) is 0 Å². The van der Waals surface area contributed by atoms with Gasteiger partial charge in [-0.1, -0.05) is 23.8 Å². The van der Waals surface area contributed by atoms with E-state index in [1.807, 2.05) is 26.0 Å². The molecule has 4 heteroatoms. The Balaban J connectivity index is 1.80. The molecule has 0 fully saturated rings. The fraction of sp³-hybridized carbons (Fsp3) is 0.350. The predicted octanol–water partition coefficient (Wildman–Crippen LogP) is 3.05. The number of nitrogens with one attached hydrogen (secondary N) is 2. The summed E-state index contributed by atoms with van der Waals surface area (Å²) in [6, 6.07) is 10.3. The number of aryl methyl sites for hydroxylation is 2. The molecule has 2 aromatic rings. The summed E-state index contributed by atoms with van der Waals surface area (Å²) in [5.41, 5.74) is 6.42. The molecule has 1 aliphatic rings. The molecule has 0 bridgehead atoms. The Hall–Kier alpha value is -2.33. The zero-order chi connectivity index (χ0) is 17.1. The quantitative estimate of drug-likeness (QED) is 0.850. The van der Waals surface area contributed by atoms with Crippen molar-refractivity contribution < 1.29 is 4.79 Å². The summed E-state index contributed by atoms with van der Waals surface area (Å²) in [6.07, 6.45) is 3.17. The molecular weight excluding hydrogens is 298 g/mol. The van der Waals surface area contributed by atoms with Gasteiger partial charge in [0.15, 0.2) is 0 Å². The van der Waals surface area contributed by atoms with Crippen molar-refractivity contribution in [3.63, 3.8) is 0 Å². The summed E-state index contributed by atoms with van der Waals surface area (Å²) in [5.74, 6) is 0.00133. The first kappa shape index (κ1) is 16.5. The van der Waals surface area contributed by atoms with E-state index >= 15 is 0 Å². The van der Waals surface area contributed by atoms with Crippen LogP contribution < -0.4 is 10.6 Å². The molecule has 2 N–H and O–H groups in total. The van der Waals surface area contributed by atoms with Crippen LogP contribution in [0.3, 0.4) is 0 Å². The van der Waals surface area contributed by atoms with E-state index in [1.54, 1.807) is 0 Å². The van der Waals surface area contributed by atoms with Gasteiger partial charge in [0.25, 0.3) is 5.91 Å². The summed E-state index contributed by atoms with van der Waals surface area (Å²) >= 11 is 0. The van der Waals surface area contributed by atoms with Crippen LogP contribution in [0.15, 0.2) is 42.0 Å². The molecule has 1 aromatic heterocycles. The number of carbonyl (C=O) groups is 1. The normalized spacial score (nSPS) is 14.4. The number of nitrogens with zero attached hydrogens (tertiary/aromatic N) is 1. The zero-order valence-electron chi connectivity index (χ0n) is 14.6. The van der Waals surface area contributed by atoms with Crippen LogP contribution in [0.4, 0.5) is 0 Å². The number of aromatic nitrogens is 1. The van der Waals surface area contributed by atoms with Crippen molar-refractivity contribution in [3.8, 4) is 5.69 Å². The van der Waals surface area contributed by atoms with Crippen LogP contribution in [0.1, 0.15) is 33.7 Å². The van der Waals surface area contributed by atoms with E-state index < -0.39 is 0 Å². The number of benzene rings is 1. The van der Waals surface area contributed by atoms with Gasteiger partial charge < -0.3 is 15.2 Å². The topological polar surface area (TPSA) is 46.1 Å². The van der Waals surface area contributed by atoms with Crippen molar-refractivity contribution in [1.82, 2.24) is 15.2 Å². The lowest BCUT2D eigenvalue weighted by atomic mass is 10.1. The first-order valence-electron chi connectivity index (χ1n) is 8.49. The second-order valence-electron chi connectivity index (χ2n) is 6.46. The van der Waals surface area contributed by atoms with Crippen LogP contribution in [0.5, 0.6) is 0 Å². The van der Waals surface area contributed by atoms with Crippen LogP contribution in [0.2, 0.25) is 0 Å². The van der Waals surface area contributed by atoms with Crippen LogP contribution in [0.25, 0.3) is 5.69 Å². The van der Waals surface area contributed by atoms with Crippen LogP contribution >= 0.6 is 0 Å². The molecule has 3 rings (SSSR count). The van der Waals surface area contributed by atoms with Gasteiger partial charge >= 0.3 is 0 Å². The Kier molecular flexibility index (Phi) is 4.86. The number of hydrogen-bond donors (Lipinski definition) is 2. The molecule has 0 spiro atoms. The van der Waals surface area contributed by atoms with E-state index in [4.69, 9.17) is 0 Å². The highest BCUT2D eigenvalue weighted by atomic mass is 16.1. The molecule has 0 atom stereocenters. The van der Waals surface area contributed by atoms with Crippen LogP contribution in [-0.2, 0) is 0 Å². The molecular formula is C20H25N3O. The summed E-state index contributed by atoms with van der Waals surface area (Å²) in [6.45, 7) is 8.65. The van der Waals surface area contributed by atoms with E-state index in [0.717, 1.165) is 42.1 Å². The molecule has 2 heterocycles. The maximum atomic E-state index is 12.6. The standard InChI is InChI=1S/C20H25N3O/c1-14-5-4-6-18(11-14)23-15(2)12-19(16(23)3)20(24)22-13-17-7-9-21-10-8-17/h4-7,11-12,21H,8-10,13H2,1-3H3,(H,22,24). The average molecular weight is 323 g/mol. The molecule has 0 saturated heterocycles. The molecule has 1 aromatic carbocycles. The first-order chi connectivity index (χ1) is 11.6. The lowest BCUT2D eigenvalue weighted by Crippen LogP contribution is -2.29. The fourth-order valence-corrected chi connectivity index (χ4v) is 3.28. The molecule has 0 saturated carbocycles. The van der Waals surface area contributed by atoms with Crippen molar-refractivity contribution in [2.45, 2.75) is 27.2 Å². The molecule has 4 nitrogen and oxygen atoms in total. The molecule has 0 aliphatic carbocycles. The minimum atomic E-state index is 0.00133. The first-order valence-corrected chi connectivity index (χ1v) is 8.49. The summed E-state index contributed by atoms with van der Waals surface area (Å²) < 4.78 is 2.14. The maximum Gasteiger partial charge on any atom is 0.253 e. The monoisotopic (exact) mass is 323 g/mol. The van der Waals surface area contributed by atoms with Gasteiger partial charge in [-0.2, -0.15) is 0 Å². The third-order valence-electron chi connectivity index (χ3n) is 4.57. The number of amides is 1. The van der Waals surface area contributed by atoms with Crippen LogP contribution in [-0.4, -0.2) is 30.1 Å². The van der Waals surface area contributed by atoms with Crippen molar-refractivity contribution in [1.29, 1.82) is 0 Å². The fourth-order valence-electron chi connectivity index (χ4n) is 3.28. The van der Waals surface area contributed by atoms with Crippen LogP contribution in [0, 0.1) is 20.8 Å². The third-order valence-corrected chi connectivity index (χ3v) is 4.57. The summed E-state index contributed by atoms with van der Waals surface area (Å²) in [7, 11) is 0. The van der Waals surface area contributed by atoms with E-state index in [0.29, 0.717) is 6.54 Å². The zero-order valence-corrected chi connectivity index (χ0v) is 14.6. The Morgan fingerprint density at radius 3 is 2.79 bits per heavy atom. The highest BCUT2D eigenvalue weighted by Crippen LogP contribution is 2.21. The number of hydrogen-bond acceptors (Lipinski definition) is 2. The Morgan fingerprint density at radius 1 is 1.25 bits per heavy atom. The second kappa shape index (κ2) is 7.05. The largest absolute Gasteiger partial charge is 0.348 e. The molecule has 126 valence electrons. The van der Waals surface area contributed by atoms with Gasteiger partial charge in [0.1, 0.15) is 0 Å². The minimum absolute atomic E-state index is 0.00133. The Morgan fingerprint density at radius 2 is 2.08 bits per heavy atom. The lowest BCUT2D eigenvalue weighted by Gasteiger charge is -2.15. The lowest BCUT2D eigenvalue weighted by molar-refractivity contribution is 0.0956. The summed E-state index contributed by atoms with van der Waals surface area (Å²) in [4.78, 5) is 12.6. The maximum absolute atomic E-state index is 12.6. The van der Waals surface area contributed by atoms with Gasteiger partial charge in [0.2, 0.25) is 0 Å². The number of rotatable bonds is 4. The third kappa shape index (κ3) is 3.44. The van der Waals surface area contributed by atoms with Crippen molar-refractivity contribution in [2.24, 2.45) is 0 Å². The van der Waals surface area contributed by atoms with Gasteiger partial charge in [-0.05, 0) is 57.5 Å². The van der Waals surface area contributed by atoms with E-state index in [2.05, 4.69) is 46.4 Å². The highest BCUT2D eigenvalue weighted by Gasteiger charge is 2.17. The van der Waals surface area contributed by atoms with Crippen molar-refractivity contribution in [3.05, 3.63) is 64.5 Å². The second-order valence-corrected chi connectivity index (χ2v) is 6.46.